The Morgan fingerprint density at radius 3 is 2.71 bits per heavy atom. The normalized spacial score (nSPS) is 12.3. The van der Waals surface area contributed by atoms with Gasteiger partial charge < -0.3 is 10.6 Å². The molecule has 0 saturated carbocycles. The zero-order chi connectivity index (χ0) is 12.8. The third-order valence-electron chi connectivity index (χ3n) is 2.56. The number of carbonyl (C=O) groups is 1. The number of hydrogen-bond donors (Lipinski definition) is 2. The fraction of sp³-hybridized carbons (Fsp3) is 0.583. The molecule has 2 N–H and O–H groups in total. The highest BCUT2D eigenvalue weighted by Crippen LogP contribution is 2.09. The van der Waals surface area contributed by atoms with E-state index in [1.54, 1.807) is 13.2 Å². The van der Waals surface area contributed by atoms with Crippen molar-refractivity contribution in [2.24, 2.45) is 5.92 Å². The van der Waals surface area contributed by atoms with Gasteiger partial charge in [0.2, 0.25) is 11.9 Å². The van der Waals surface area contributed by atoms with Crippen molar-refractivity contribution < 1.29 is 4.79 Å². The summed E-state index contributed by atoms with van der Waals surface area (Å²) in [6, 6.07) is 1.56. The molecule has 17 heavy (non-hydrogen) atoms. The quantitative estimate of drug-likeness (QED) is 0.806. The third kappa shape index (κ3) is 3.69. The molecule has 0 saturated heterocycles. The molecule has 1 aromatic rings. The number of aromatic nitrogens is 2. The van der Waals surface area contributed by atoms with Crippen LogP contribution in [0.1, 0.15) is 26.5 Å². The van der Waals surface area contributed by atoms with Gasteiger partial charge in [0.25, 0.3) is 0 Å². The van der Waals surface area contributed by atoms with Gasteiger partial charge in [0.1, 0.15) is 6.04 Å². The lowest BCUT2D eigenvalue weighted by molar-refractivity contribution is -0.122. The number of rotatable bonds is 5. The van der Waals surface area contributed by atoms with E-state index >= 15 is 0 Å². The van der Waals surface area contributed by atoms with E-state index in [4.69, 9.17) is 0 Å². The van der Waals surface area contributed by atoms with Gasteiger partial charge in [-0.2, -0.15) is 0 Å². The van der Waals surface area contributed by atoms with Crippen molar-refractivity contribution in [3.63, 3.8) is 0 Å². The number of likely N-dealkylation sites (N-methyl/N-ethyl adjacent to an activating group) is 1. The smallest absolute Gasteiger partial charge is 0.242 e. The van der Waals surface area contributed by atoms with Crippen molar-refractivity contribution in [1.29, 1.82) is 0 Å². The van der Waals surface area contributed by atoms with Crippen LogP contribution in [0.2, 0.25) is 0 Å². The first-order valence-electron chi connectivity index (χ1n) is 5.88. The minimum Gasteiger partial charge on any atom is -0.357 e. The largest absolute Gasteiger partial charge is 0.357 e. The molecular formula is C12H20N4O. The number of amides is 1. The summed E-state index contributed by atoms with van der Waals surface area (Å²) < 4.78 is 0. The molecule has 94 valence electrons. The highest BCUT2D eigenvalue weighted by atomic mass is 16.2. The standard InChI is InChI=1S/C12H20N4O/c1-5-9-6-7-14-12(15-9)16-10(8(2)3)11(17)13-4/h6-8,10H,5H2,1-4H3,(H,13,17)(H,14,15,16). The molecule has 5 heteroatoms. The number of hydrogen-bond acceptors (Lipinski definition) is 4. The summed E-state index contributed by atoms with van der Waals surface area (Å²) in [7, 11) is 1.63. The van der Waals surface area contributed by atoms with Gasteiger partial charge >= 0.3 is 0 Å². The van der Waals surface area contributed by atoms with Crippen LogP contribution in [0.3, 0.4) is 0 Å². The van der Waals surface area contributed by atoms with Crippen molar-refractivity contribution in [3.8, 4) is 0 Å². The van der Waals surface area contributed by atoms with Gasteiger partial charge in [-0.15, -0.1) is 0 Å². The Kier molecular flexibility index (Phi) is 4.87. The second-order valence-electron chi connectivity index (χ2n) is 4.21. The predicted octanol–water partition coefficient (Wildman–Crippen LogP) is 1.22. The number of nitrogens with zero attached hydrogens (tertiary/aromatic N) is 2. The molecule has 1 heterocycles. The summed E-state index contributed by atoms with van der Waals surface area (Å²) in [5, 5.41) is 5.71. The van der Waals surface area contributed by atoms with Gasteiger partial charge in [-0.3, -0.25) is 4.79 Å². The third-order valence-corrected chi connectivity index (χ3v) is 2.56. The molecule has 5 nitrogen and oxygen atoms in total. The summed E-state index contributed by atoms with van der Waals surface area (Å²) in [5.74, 6) is 0.626. The van der Waals surface area contributed by atoms with Crippen molar-refractivity contribution in [2.75, 3.05) is 12.4 Å². The second kappa shape index (κ2) is 6.18. The lowest BCUT2D eigenvalue weighted by Crippen LogP contribution is -2.41. The van der Waals surface area contributed by atoms with Gasteiger partial charge in [0.15, 0.2) is 0 Å². The van der Waals surface area contributed by atoms with Crippen molar-refractivity contribution in [2.45, 2.75) is 33.2 Å². The second-order valence-corrected chi connectivity index (χ2v) is 4.21. The zero-order valence-corrected chi connectivity index (χ0v) is 10.8. The molecule has 0 aliphatic rings. The molecule has 1 rings (SSSR count). The fourth-order valence-corrected chi connectivity index (χ4v) is 1.49. The molecule has 0 spiro atoms. The Labute approximate surface area is 102 Å². The van der Waals surface area contributed by atoms with Gasteiger partial charge in [0, 0.05) is 18.9 Å². The van der Waals surface area contributed by atoms with E-state index in [-0.39, 0.29) is 17.9 Å². The molecule has 0 aliphatic carbocycles. The van der Waals surface area contributed by atoms with Crippen LogP contribution < -0.4 is 10.6 Å². The average Bonchev–Trinajstić information content (AvgIpc) is 2.35. The Balaban J connectivity index is 2.82. The monoisotopic (exact) mass is 236 g/mol. The predicted molar refractivity (Wildman–Crippen MR) is 67.7 cm³/mol. The zero-order valence-electron chi connectivity index (χ0n) is 10.8. The molecule has 0 aliphatic heterocycles. The van der Waals surface area contributed by atoms with Crippen LogP contribution in [0.25, 0.3) is 0 Å². The Morgan fingerprint density at radius 1 is 1.47 bits per heavy atom. The van der Waals surface area contributed by atoms with Crippen LogP contribution >= 0.6 is 0 Å². The number of aryl methyl sites for hydroxylation is 1. The molecule has 0 aromatic carbocycles. The highest BCUT2D eigenvalue weighted by molar-refractivity contribution is 5.84. The van der Waals surface area contributed by atoms with Gasteiger partial charge in [0.05, 0.1) is 0 Å². The topological polar surface area (TPSA) is 66.9 Å². The summed E-state index contributed by atoms with van der Waals surface area (Å²) in [6.07, 6.45) is 2.55. The van der Waals surface area contributed by atoms with Crippen LogP contribution in [0.15, 0.2) is 12.3 Å². The Morgan fingerprint density at radius 2 is 2.18 bits per heavy atom. The van der Waals surface area contributed by atoms with Crippen LogP contribution in [0.4, 0.5) is 5.95 Å². The van der Waals surface area contributed by atoms with E-state index in [0.717, 1.165) is 12.1 Å². The first-order chi connectivity index (χ1) is 8.08. The van der Waals surface area contributed by atoms with E-state index in [2.05, 4.69) is 20.6 Å². The first-order valence-corrected chi connectivity index (χ1v) is 5.88. The molecule has 0 radical (unpaired) electrons. The van der Waals surface area contributed by atoms with Crippen molar-refractivity contribution in [1.82, 2.24) is 15.3 Å². The lowest BCUT2D eigenvalue weighted by Gasteiger charge is -2.20. The highest BCUT2D eigenvalue weighted by Gasteiger charge is 2.21. The van der Waals surface area contributed by atoms with Crippen LogP contribution in [-0.2, 0) is 11.2 Å². The van der Waals surface area contributed by atoms with Crippen molar-refractivity contribution >= 4 is 11.9 Å². The summed E-state index contributed by atoms with van der Waals surface area (Å²) in [4.78, 5) is 20.1. The minimum absolute atomic E-state index is 0.0505. The maximum atomic E-state index is 11.7. The summed E-state index contributed by atoms with van der Waals surface area (Å²) in [5.41, 5.74) is 0.960. The maximum absolute atomic E-state index is 11.7. The van der Waals surface area contributed by atoms with Gasteiger partial charge in [-0.05, 0) is 18.4 Å². The number of anilines is 1. The molecule has 0 bridgehead atoms. The van der Waals surface area contributed by atoms with E-state index < -0.39 is 0 Å². The van der Waals surface area contributed by atoms with E-state index in [9.17, 15) is 4.79 Å². The van der Waals surface area contributed by atoms with Crippen LogP contribution in [0.5, 0.6) is 0 Å². The summed E-state index contributed by atoms with van der Waals surface area (Å²) >= 11 is 0. The minimum atomic E-state index is -0.313. The molecular weight excluding hydrogens is 216 g/mol. The first kappa shape index (κ1) is 13.4. The Hall–Kier alpha value is -1.65. The fourth-order valence-electron chi connectivity index (χ4n) is 1.49. The van der Waals surface area contributed by atoms with E-state index in [1.807, 2.05) is 26.8 Å². The van der Waals surface area contributed by atoms with E-state index in [0.29, 0.717) is 5.95 Å². The number of carbonyl (C=O) groups excluding carboxylic acids is 1. The molecule has 1 atom stereocenters. The van der Waals surface area contributed by atoms with Crippen molar-refractivity contribution in [3.05, 3.63) is 18.0 Å². The molecule has 0 fully saturated rings. The van der Waals surface area contributed by atoms with Gasteiger partial charge in [-0.1, -0.05) is 20.8 Å². The van der Waals surface area contributed by atoms with Gasteiger partial charge in [-0.25, -0.2) is 9.97 Å². The molecule has 1 amide bonds. The molecule has 1 aromatic heterocycles. The van der Waals surface area contributed by atoms with Crippen LogP contribution in [0, 0.1) is 5.92 Å². The summed E-state index contributed by atoms with van der Waals surface area (Å²) in [6.45, 7) is 6.00. The lowest BCUT2D eigenvalue weighted by atomic mass is 10.0. The van der Waals surface area contributed by atoms with E-state index in [1.165, 1.54) is 0 Å². The Bertz CT molecular complexity index is 379. The SMILES string of the molecule is CCc1ccnc(NC(C(=O)NC)C(C)C)n1. The number of nitrogens with one attached hydrogen (secondary N) is 2. The maximum Gasteiger partial charge on any atom is 0.242 e. The average molecular weight is 236 g/mol. The van der Waals surface area contributed by atoms with Crippen LogP contribution in [-0.4, -0.2) is 29.0 Å². The molecule has 1 unspecified atom stereocenters.